The fraction of sp³-hybridized carbons (Fsp3) is 0.556. The van der Waals surface area contributed by atoms with Crippen LogP contribution in [0.3, 0.4) is 0 Å². The Bertz CT molecular complexity index is 855. The lowest BCUT2D eigenvalue weighted by atomic mass is 9.78. The normalized spacial score (nSPS) is 17.7. The molecule has 0 atom stereocenters. The smallest absolute Gasteiger partial charge is 0.468 e. The fourth-order valence-electron chi connectivity index (χ4n) is 2.76. The van der Waals surface area contributed by atoms with Crippen molar-refractivity contribution < 1.29 is 18.8 Å². The Morgan fingerprint density at radius 1 is 1.21 bits per heavy atom. The molecule has 0 spiro atoms. The lowest BCUT2D eigenvalue weighted by Gasteiger charge is -2.32. The number of carbonyl (C=O) groups excluding carboxylic acids is 1. The van der Waals surface area contributed by atoms with Gasteiger partial charge in [0.05, 0.1) is 18.3 Å². The molecule has 0 bridgehead atoms. The van der Waals surface area contributed by atoms with E-state index in [4.69, 9.17) is 20.9 Å². The number of hydrogen-bond donors (Lipinski definition) is 0. The number of esters is 1. The molecular formula is C18H24BClN4O4. The maximum atomic E-state index is 11.2. The quantitative estimate of drug-likeness (QED) is 0.531. The summed E-state index contributed by atoms with van der Waals surface area (Å²) in [6.45, 7) is 8.01. The monoisotopic (exact) mass is 406 g/mol. The Hall–Kier alpha value is -1.97. The lowest BCUT2D eigenvalue weighted by molar-refractivity contribution is -0.141. The highest BCUT2D eigenvalue weighted by Crippen LogP contribution is 2.36. The molecule has 1 aliphatic rings. The average Bonchev–Trinajstić information content (AvgIpc) is 3.15. The standard InChI is InChI=1S/C18H24BClN4O4/c1-17(2)18(3,4)28-19(27-17)13-8-6-12(14(20)10-13)7-9-15-21-23-24(22-15)11-16(25)26-5/h6,8,10H,7,9,11H2,1-5H3. The minimum atomic E-state index is -0.448. The van der Waals surface area contributed by atoms with Gasteiger partial charge in [0.15, 0.2) is 12.4 Å². The number of aromatic nitrogens is 4. The van der Waals surface area contributed by atoms with E-state index in [1.54, 1.807) is 0 Å². The summed E-state index contributed by atoms with van der Waals surface area (Å²) < 4.78 is 16.7. The Balaban J connectivity index is 1.63. The fourth-order valence-corrected chi connectivity index (χ4v) is 3.05. The summed E-state index contributed by atoms with van der Waals surface area (Å²) >= 11 is 6.48. The number of nitrogens with zero attached hydrogens (tertiary/aromatic N) is 4. The molecule has 1 aromatic heterocycles. The highest BCUT2D eigenvalue weighted by atomic mass is 35.5. The summed E-state index contributed by atoms with van der Waals surface area (Å²) in [6, 6.07) is 5.80. The minimum absolute atomic E-state index is 0.0625. The maximum Gasteiger partial charge on any atom is 0.494 e. The number of rotatable bonds is 6. The van der Waals surface area contributed by atoms with Crippen molar-refractivity contribution in [2.45, 2.75) is 58.3 Å². The summed E-state index contributed by atoms with van der Waals surface area (Å²) in [5.41, 5.74) is 1.05. The molecule has 0 amide bonds. The second-order valence-electron chi connectivity index (χ2n) is 7.75. The number of ether oxygens (including phenoxy) is 1. The van der Waals surface area contributed by atoms with Gasteiger partial charge in [-0.2, -0.15) is 4.80 Å². The zero-order valence-electron chi connectivity index (χ0n) is 16.7. The summed E-state index contributed by atoms with van der Waals surface area (Å²) in [5.74, 6) is 0.111. The molecule has 1 aromatic carbocycles. The molecule has 0 saturated carbocycles. The number of hydrogen-bond acceptors (Lipinski definition) is 7. The summed E-state index contributed by atoms with van der Waals surface area (Å²) in [5, 5.41) is 12.6. The zero-order valence-corrected chi connectivity index (χ0v) is 17.5. The Morgan fingerprint density at radius 3 is 2.50 bits per heavy atom. The van der Waals surface area contributed by atoms with Crippen LogP contribution in [-0.2, 0) is 38.2 Å². The van der Waals surface area contributed by atoms with E-state index in [0.29, 0.717) is 23.7 Å². The van der Waals surface area contributed by atoms with Crippen molar-refractivity contribution in [2.75, 3.05) is 7.11 Å². The van der Waals surface area contributed by atoms with Crippen molar-refractivity contribution >= 4 is 30.2 Å². The largest absolute Gasteiger partial charge is 0.494 e. The first kappa shape index (κ1) is 20.8. The molecule has 1 fully saturated rings. The third kappa shape index (κ3) is 4.37. The van der Waals surface area contributed by atoms with Gasteiger partial charge in [0.2, 0.25) is 0 Å². The molecule has 0 N–H and O–H groups in total. The van der Waals surface area contributed by atoms with Crippen LogP contribution in [0.15, 0.2) is 18.2 Å². The number of tetrazole rings is 1. The Morgan fingerprint density at radius 2 is 1.89 bits per heavy atom. The van der Waals surface area contributed by atoms with Crippen LogP contribution >= 0.6 is 11.6 Å². The molecular weight excluding hydrogens is 382 g/mol. The van der Waals surface area contributed by atoms with Crippen LogP contribution in [0.4, 0.5) is 0 Å². The van der Waals surface area contributed by atoms with E-state index in [-0.39, 0.29) is 6.54 Å². The first-order valence-electron chi connectivity index (χ1n) is 9.09. The van der Waals surface area contributed by atoms with Gasteiger partial charge in [-0.05, 0) is 56.4 Å². The van der Waals surface area contributed by atoms with E-state index in [9.17, 15) is 4.79 Å². The van der Waals surface area contributed by atoms with Crippen molar-refractivity contribution in [3.63, 3.8) is 0 Å². The van der Waals surface area contributed by atoms with Crippen LogP contribution in [0.2, 0.25) is 5.02 Å². The second-order valence-corrected chi connectivity index (χ2v) is 8.16. The first-order chi connectivity index (χ1) is 13.1. The van der Waals surface area contributed by atoms with Gasteiger partial charge in [-0.25, -0.2) is 4.79 Å². The van der Waals surface area contributed by atoms with Gasteiger partial charge in [0.25, 0.3) is 0 Å². The predicted molar refractivity (Wildman–Crippen MR) is 104 cm³/mol. The van der Waals surface area contributed by atoms with E-state index < -0.39 is 24.3 Å². The number of aryl methyl sites for hydroxylation is 2. The van der Waals surface area contributed by atoms with Crippen LogP contribution in [0.25, 0.3) is 0 Å². The lowest BCUT2D eigenvalue weighted by Crippen LogP contribution is -2.41. The van der Waals surface area contributed by atoms with E-state index in [0.717, 1.165) is 11.0 Å². The summed E-state index contributed by atoms with van der Waals surface area (Å²) in [6.07, 6.45) is 1.20. The van der Waals surface area contributed by atoms with Gasteiger partial charge in [-0.3, -0.25) is 0 Å². The Labute approximate surface area is 169 Å². The van der Waals surface area contributed by atoms with Crippen LogP contribution in [0.1, 0.15) is 39.1 Å². The topological polar surface area (TPSA) is 88.4 Å². The number of methoxy groups -OCH3 is 1. The molecule has 1 saturated heterocycles. The third-order valence-corrected chi connectivity index (χ3v) is 5.56. The van der Waals surface area contributed by atoms with Gasteiger partial charge in [0.1, 0.15) is 0 Å². The minimum Gasteiger partial charge on any atom is -0.468 e. The molecule has 2 heterocycles. The van der Waals surface area contributed by atoms with Crippen molar-refractivity contribution in [2.24, 2.45) is 0 Å². The van der Waals surface area contributed by atoms with E-state index in [2.05, 4.69) is 20.1 Å². The number of benzene rings is 1. The summed E-state index contributed by atoms with van der Waals surface area (Å²) in [4.78, 5) is 12.5. The van der Waals surface area contributed by atoms with Crippen molar-refractivity contribution in [1.29, 1.82) is 0 Å². The highest BCUT2D eigenvalue weighted by molar-refractivity contribution is 6.62. The SMILES string of the molecule is COC(=O)Cn1nnc(CCc2ccc(B3OC(C)(C)C(C)(C)O3)cc2Cl)n1. The van der Waals surface area contributed by atoms with Gasteiger partial charge in [-0.15, -0.1) is 10.2 Å². The van der Waals surface area contributed by atoms with Gasteiger partial charge < -0.3 is 14.0 Å². The predicted octanol–water partition coefficient (Wildman–Crippen LogP) is 1.58. The number of halogens is 1. The van der Waals surface area contributed by atoms with Gasteiger partial charge >= 0.3 is 13.1 Å². The summed E-state index contributed by atoms with van der Waals surface area (Å²) in [7, 11) is 0.867. The van der Waals surface area contributed by atoms with Crippen LogP contribution in [0.5, 0.6) is 0 Å². The molecule has 0 radical (unpaired) electrons. The molecule has 2 aromatic rings. The van der Waals surface area contributed by atoms with Gasteiger partial charge in [0, 0.05) is 11.4 Å². The average molecular weight is 407 g/mol. The molecule has 1 aliphatic heterocycles. The first-order valence-corrected chi connectivity index (χ1v) is 9.46. The van der Waals surface area contributed by atoms with E-state index >= 15 is 0 Å². The van der Waals surface area contributed by atoms with Crippen LogP contribution in [0, 0.1) is 0 Å². The van der Waals surface area contributed by atoms with Gasteiger partial charge in [-0.1, -0.05) is 23.7 Å². The highest BCUT2D eigenvalue weighted by Gasteiger charge is 2.51. The second kappa shape index (κ2) is 7.81. The number of carbonyl (C=O) groups is 1. The van der Waals surface area contributed by atoms with Crippen molar-refractivity contribution in [3.8, 4) is 0 Å². The van der Waals surface area contributed by atoms with E-state index in [1.807, 2.05) is 45.9 Å². The van der Waals surface area contributed by atoms with Crippen LogP contribution < -0.4 is 5.46 Å². The molecule has 3 rings (SSSR count). The molecule has 0 aliphatic carbocycles. The van der Waals surface area contributed by atoms with Crippen molar-refractivity contribution in [1.82, 2.24) is 20.2 Å². The van der Waals surface area contributed by atoms with Crippen molar-refractivity contribution in [3.05, 3.63) is 34.6 Å². The molecule has 8 nitrogen and oxygen atoms in total. The molecule has 28 heavy (non-hydrogen) atoms. The van der Waals surface area contributed by atoms with Crippen LogP contribution in [-0.4, -0.2) is 51.6 Å². The maximum absolute atomic E-state index is 11.2. The zero-order chi connectivity index (χ0) is 20.5. The molecule has 150 valence electrons. The third-order valence-electron chi connectivity index (χ3n) is 5.21. The van der Waals surface area contributed by atoms with E-state index in [1.165, 1.54) is 11.9 Å². The molecule has 10 heteroatoms. The Kier molecular flexibility index (Phi) is 5.79. The molecule has 0 unspecified atom stereocenters.